The van der Waals surface area contributed by atoms with Gasteiger partial charge in [-0.05, 0) is 71.7 Å². The number of nitrogens with zero attached hydrogens (tertiary/aromatic N) is 1. The van der Waals surface area contributed by atoms with Crippen molar-refractivity contribution in [2.24, 2.45) is 0 Å². The Balaban J connectivity index is 1.50. The molecule has 3 aromatic carbocycles. The predicted molar refractivity (Wildman–Crippen MR) is 148 cm³/mol. The molecule has 39 heavy (non-hydrogen) atoms. The van der Waals surface area contributed by atoms with Crippen molar-refractivity contribution < 1.29 is 23.8 Å². The molecule has 6 nitrogen and oxygen atoms in total. The van der Waals surface area contributed by atoms with Crippen LogP contribution in [0.25, 0.3) is 10.9 Å². The van der Waals surface area contributed by atoms with Crippen LogP contribution in [0.15, 0.2) is 72.9 Å². The third-order valence-electron chi connectivity index (χ3n) is 6.83. The number of fused-ring (bicyclic) bond motifs is 1. The lowest BCUT2D eigenvalue weighted by Gasteiger charge is -2.25. The van der Waals surface area contributed by atoms with Crippen LogP contribution in [-0.4, -0.2) is 46.0 Å². The Labute approximate surface area is 227 Å². The number of hydrogen-bond donors (Lipinski definition) is 4. The summed E-state index contributed by atoms with van der Waals surface area (Å²) in [5, 5.41) is 27.3. The number of rotatable bonds is 13. The second-order valence-corrected chi connectivity index (χ2v) is 9.79. The number of benzene rings is 3. The molecule has 0 saturated heterocycles. The number of aromatic nitrogens is 1. The van der Waals surface area contributed by atoms with Gasteiger partial charge in [0.2, 0.25) is 0 Å². The fraction of sp³-hybridized carbons (Fsp3) is 0.323. The molecule has 206 valence electrons. The fourth-order valence-corrected chi connectivity index (χ4v) is 4.75. The minimum absolute atomic E-state index is 0.0453. The van der Waals surface area contributed by atoms with Crippen molar-refractivity contribution in [3.63, 3.8) is 0 Å². The third-order valence-corrected chi connectivity index (χ3v) is 6.83. The maximum Gasteiger partial charge on any atom is 0.251 e. The number of nitrogens with one attached hydrogen (secondary N) is 2. The lowest BCUT2D eigenvalue weighted by atomic mass is 10.00. The van der Waals surface area contributed by atoms with Gasteiger partial charge in [0, 0.05) is 49.6 Å². The number of hydrogen-bond acceptors (Lipinski definition) is 4. The Morgan fingerprint density at radius 2 is 1.74 bits per heavy atom. The SMILES string of the molecule is CCc1cccc(CNC[C@H](O)[C@H](Cc2cc(F)cc(F)c2)NC(=O)c2ccc3ccn(CCCO)c3c2)c1. The van der Waals surface area contributed by atoms with E-state index in [9.17, 15) is 23.8 Å². The largest absolute Gasteiger partial charge is 0.396 e. The molecule has 2 atom stereocenters. The van der Waals surface area contributed by atoms with E-state index in [-0.39, 0.29) is 19.6 Å². The average molecular weight is 536 g/mol. The van der Waals surface area contributed by atoms with E-state index in [0.29, 0.717) is 30.6 Å². The minimum Gasteiger partial charge on any atom is -0.396 e. The summed E-state index contributed by atoms with van der Waals surface area (Å²) in [6.45, 7) is 3.47. The number of amides is 1. The van der Waals surface area contributed by atoms with E-state index in [2.05, 4.69) is 29.7 Å². The normalized spacial score (nSPS) is 12.9. The zero-order valence-electron chi connectivity index (χ0n) is 22.0. The summed E-state index contributed by atoms with van der Waals surface area (Å²) in [5.41, 5.74) is 3.88. The van der Waals surface area contributed by atoms with E-state index in [1.807, 2.05) is 35.0 Å². The molecule has 1 amide bonds. The average Bonchev–Trinajstić information content (AvgIpc) is 3.33. The molecule has 0 aliphatic carbocycles. The van der Waals surface area contributed by atoms with Gasteiger partial charge in [-0.15, -0.1) is 0 Å². The summed E-state index contributed by atoms with van der Waals surface area (Å²) in [4.78, 5) is 13.3. The highest BCUT2D eigenvalue weighted by Gasteiger charge is 2.23. The lowest BCUT2D eigenvalue weighted by molar-refractivity contribution is 0.0830. The van der Waals surface area contributed by atoms with Gasteiger partial charge in [0.05, 0.1) is 12.1 Å². The van der Waals surface area contributed by atoms with E-state index in [1.54, 1.807) is 12.1 Å². The van der Waals surface area contributed by atoms with Gasteiger partial charge in [-0.2, -0.15) is 0 Å². The van der Waals surface area contributed by atoms with Crippen LogP contribution in [0.2, 0.25) is 0 Å². The first-order valence-corrected chi connectivity index (χ1v) is 13.3. The highest BCUT2D eigenvalue weighted by molar-refractivity contribution is 5.98. The molecule has 0 radical (unpaired) electrons. The number of aliphatic hydroxyl groups is 2. The number of halogens is 2. The number of carbonyl (C=O) groups excluding carboxylic acids is 1. The van der Waals surface area contributed by atoms with Gasteiger partial charge in [-0.3, -0.25) is 4.79 Å². The van der Waals surface area contributed by atoms with Gasteiger partial charge in [-0.1, -0.05) is 37.3 Å². The predicted octanol–water partition coefficient (Wildman–Crippen LogP) is 4.36. The first-order valence-electron chi connectivity index (χ1n) is 13.3. The van der Waals surface area contributed by atoms with Gasteiger partial charge in [0.15, 0.2) is 0 Å². The molecule has 1 aromatic heterocycles. The van der Waals surface area contributed by atoms with Crippen molar-refractivity contribution in [3.05, 3.63) is 107 Å². The second-order valence-electron chi connectivity index (χ2n) is 9.79. The fourth-order valence-electron chi connectivity index (χ4n) is 4.75. The zero-order chi connectivity index (χ0) is 27.8. The molecule has 8 heteroatoms. The van der Waals surface area contributed by atoms with Crippen LogP contribution < -0.4 is 10.6 Å². The maximum atomic E-state index is 13.9. The standard InChI is InChI=1S/C31H35F2N3O3/c1-2-21-5-3-6-22(13-21)19-34-20-30(38)28(16-23-14-26(32)18-27(33)15-23)35-31(39)25-8-7-24-9-11-36(10-4-12-37)29(24)17-25/h3,5-9,11,13-15,17-18,28,30,34,37-38H,2,4,10,12,16,19-20H2,1H3,(H,35,39)/t28-,30-/m0/s1. The summed E-state index contributed by atoms with van der Waals surface area (Å²) in [6, 6.07) is 17.8. The molecule has 0 unspecified atom stereocenters. The molecular formula is C31H35F2N3O3. The molecular weight excluding hydrogens is 500 g/mol. The van der Waals surface area contributed by atoms with E-state index in [4.69, 9.17) is 0 Å². The monoisotopic (exact) mass is 535 g/mol. The zero-order valence-corrected chi connectivity index (χ0v) is 22.0. The van der Waals surface area contributed by atoms with E-state index >= 15 is 0 Å². The Kier molecular flexibility index (Phi) is 9.81. The number of aliphatic hydroxyl groups excluding tert-OH is 2. The second kappa shape index (κ2) is 13.5. The summed E-state index contributed by atoms with van der Waals surface area (Å²) >= 11 is 0. The van der Waals surface area contributed by atoms with Crippen LogP contribution in [0, 0.1) is 11.6 Å². The molecule has 0 spiro atoms. The van der Waals surface area contributed by atoms with Crippen LogP contribution in [0.1, 0.15) is 40.4 Å². The van der Waals surface area contributed by atoms with Crippen molar-refractivity contribution in [2.45, 2.75) is 51.4 Å². The molecule has 0 aliphatic heterocycles. The van der Waals surface area contributed by atoms with Gasteiger partial charge in [-0.25, -0.2) is 8.78 Å². The van der Waals surface area contributed by atoms with E-state index in [0.717, 1.165) is 29.0 Å². The van der Waals surface area contributed by atoms with E-state index < -0.39 is 29.7 Å². The molecule has 0 bridgehead atoms. The number of aryl methyl sites for hydroxylation is 2. The van der Waals surface area contributed by atoms with Gasteiger partial charge < -0.3 is 25.4 Å². The Bertz CT molecular complexity index is 1380. The third kappa shape index (κ3) is 7.72. The Morgan fingerprint density at radius 3 is 2.49 bits per heavy atom. The topological polar surface area (TPSA) is 86.5 Å². The summed E-state index contributed by atoms with van der Waals surface area (Å²) in [5.74, 6) is -1.83. The molecule has 0 saturated carbocycles. The van der Waals surface area contributed by atoms with E-state index in [1.165, 1.54) is 17.7 Å². The summed E-state index contributed by atoms with van der Waals surface area (Å²) in [7, 11) is 0. The van der Waals surface area contributed by atoms with Crippen molar-refractivity contribution in [1.29, 1.82) is 0 Å². The highest BCUT2D eigenvalue weighted by Crippen LogP contribution is 2.19. The minimum atomic E-state index is -1.02. The van der Waals surface area contributed by atoms with Crippen molar-refractivity contribution in [1.82, 2.24) is 15.2 Å². The van der Waals surface area contributed by atoms with Crippen LogP contribution in [-0.2, 0) is 25.9 Å². The molecule has 1 heterocycles. The molecule has 4 aromatic rings. The highest BCUT2D eigenvalue weighted by atomic mass is 19.1. The number of carbonyl (C=O) groups is 1. The van der Waals surface area contributed by atoms with Crippen LogP contribution in [0.5, 0.6) is 0 Å². The summed E-state index contributed by atoms with van der Waals surface area (Å²) < 4.78 is 29.7. The first-order chi connectivity index (χ1) is 18.9. The molecule has 4 N–H and O–H groups in total. The van der Waals surface area contributed by atoms with Crippen molar-refractivity contribution >= 4 is 16.8 Å². The first kappa shape index (κ1) is 28.4. The molecule has 4 rings (SSSR count). The molecule has 0 aliphatic rings. The smallest absolute Gasteiger partial charge is 0.251 e. The Morgan fingerprint density at radius 1 is 0.974 bits per heavy atom. The molecule has 0 fully saturated rings. The van der Waals surface area contributed by atoms with Gasteiger partial charge >= 0.3 is 0 Å². The van der Waals surface area contributed by atoms with Crippen LogP contribution in [0.4, 0.5) is 8.78 Å². The van der Waals surface area contributed by atoms with Crippen LogP contribution >= 0.6 is 0 Å². The quantitative estimate of drug-likeness (QED) is 0.205. The maximum absolute atomic E-state index is 13.9. The van der Waals surface area contributed by atoms with Gasteiger partial charge in [0.25, 0.3) is 5.91 Å². The lowest BCUT2D eigenvalue weighted by Crippen LogP contribution is -2.48. The van der Waals surface area contributed by atoms with Crippen molar-refractivity contribution in [3.8, 4) is 0 Å². The van der Waals surface area contributed by atoms with Crippen molar-refractivity contribution in [2.75, 3.05) is 13.2 Å². The van der Waals surface area contributed by atoms with Gasteiger partial charge in [0.1, 0.15) is 11.6 Å². The van der Waals surface area contributed by atoms with Crippen LogP contribution in [0.3, 0.4) is 0 Å². The Hall–Kier alpha value is -3.59. The summed E-state index contributed by atoms with van der Waals surface area (Å²) in [6.07, 6.45) is 2.45.